The van der Waals surface area contributed by atoms with Gasteiger partial charge < -0.3 is 10.6 Å². The van der Waals surface area contributed by atoms with Crippen molar-refractivity contribution in [2.45, 2.75) is 38.5 Å². The van der Waals surface area contributed by atoms with Crippen LogP contribution in [0, 0.1) is 5.92 Å². The molecule has 1 heterocycles. The summed E-state index contributed by atoms with van der Waals surface area (Å²) in [7, 11) is 1.80. The molecule has 1 aromatic rings. The largest absolute Gasteiger partial charge is 0.373 e. The van der Waals surface area contributed by atoms with Gasteiger partial charge in [0.2, 0.25) is 0 Å². The highest BCUT2D eigenvalue weighted by molar-refractivity contribution is 5.92. The standard InChI is InChI=1S/C15H23N3O/c1-16-14-9-5-8-13(18-14)15(19)17-11-10-12-6-3-2-4-7-12/h5,8-9,12H,2-4,6-7,10-11H2,1H3,(H,16,18)(H,17,19). The summed E-state index contributed by atoms with van der Waals surface area (Å²) in [5.41, 5.74) is 0.482. The van der Waals surface area contributed by atoms with Crippen LogP contribution in [0.1, 0.15) is 49.0 Å². The van der Waals surface area contributed by atoms with E-state index in [0.717, 1.165) is 24.7 Å². The van der Waals surface area contributed by atoms with E-state index in [1.807, 2.05) is 12.1 Å². The molecule has 4 heteroatoms. The topological polar surface area (TPSA) is 54.0 Å². The van der Waals surface area contributed by atoms with E-state index < -0.39 is 0 Å². The van der Waals surface area contributed by atoms with Gasteiger partial charge in [-0.3, -0.25) is 4.79 Å². The Hall–Kier alpha value is -1.58. The molecular weight excluding hydrogens is 238 g/mol. The normalized spacial score (nSPS) is 16.1. The van der Waals surface area contributed by atoms with Crippen LogP contribution in [0.2, 0.25) is 0 Å². The molecule has 19 heavy (non-hydrogen) atoms. The predicted molar refractivity (Wildman–Crippen MR) is 77.3 cm³/mol. The number of nitrogens with one attached hydrogen (secondary N) is 2. The smallest absolute Gasteiger partial charge is 0.269 e. The van der Waals surface area contributed by atoms with Gasteiger partial charge in [0.05, 0.1) is 0 Å². The highest BCUT2D eigenvalue weighted by Gasteiger charge is 2.14. The molecule has 0 aliphatic heterocycles. The maximum Gasteiger partial charge on any atom is 0.269 e. The van der Waals surface area contributed by atoms with Gasteiger partial charge in [0.1, 0.15) is 11.5 Å². The van der Waals surface area contributed by atoms with Gasteiger partial charge in [-0.25, -0.2) is 4.98 Å². The second-order valence-corrected chi connectivity index (χ2v) is 5.21. The maximum absolute atomic E-state index is 12.0. The molecule has 0 bridgehead atoms. The number of anilines is 1. The van der Waals surface area contributed by atoms with Gasteiger partial charge in [-0.05, 0) is 24.5 Å². The summed E-state index contributed by atoms with van der Waals surface area (Å²) in [4.78, 5) is 16.2. The molecule has 1 aromatic heterocycles. The molecule has 0 atom stereocenters. The van der Waals surface area contributed by atoms with E-state index in [2.05, 4.69) is 15.6 Å². The van der Waals surface area contributed by atoms with E-state index in [1.54, 1.807) is 13.1 Å². The number of hydrogen-bond acceptors (Lipinski definition) is 3. The fraction of sp³-hybridized carbons (Fsp3) is 0.600. The summed E-state index contributed by atoms with van der Waals surface area (Å²) in [6.07, 6.45) is 7.82. The Bertz CT molecular complexity index is 414. The Morgan fingerprint density at radius 2 is 2.11 bits per heavy atom. The van der Waals surface area contributed by atoms with Crippen LogP contribution < -0.4 is 10.6 Å². The summed E-state index contributed by atoms with van der Waals surface area (Å²) < 4.78 is 0. The first-order valence-corrected chi connectivity index (χ1v) is 7.22. The molecule has 1 aliphatic rings. The highest BCUT2D eigenvalue weighted by Crippen LogP contribution is 2.25. The SMILES string of the molecule is CNc1cccc(C(=O)NCCC2CCCCC2)n1. The molecule has 0 radical (unpaired) electrons. The number of carbonyl (C=O) groups is 1. The zero-order chi connectivity index (χ0) is 13.5. The van der Waals surface area contributed by atoms with E-state index in [0.29, 0.717) is 5.69 Å². The van der Waals surface area contributed by atoms with Gasteiger partial charge >= 0.3 is 0 Å². The number of carbonyl (C=O) groups excluding carboxylic acids is 1. The fourth-order valence-corrected chi connectivity index (χ4v) is 2.66. The Labute approximate surface area is 115 Å². The van der Waals surface area contributed by atoms with Crippen molar-refractivity contribution in [1.29, 1.82) is 0 Å². The third-order valence-corrected chi connectivity index (χ3v) is 3.80. The summed E-state index contributed by atoms with van der Waals surface area (Å²) >= 11 is 0. The van der Waals surface area contributed by atoms with Crippen molar-refractivity contribution in [1.82, 2.24) is 10.3 Å². The van der Waals surface area contributed by atoms with Crippen LogP contribution in [0.5, 0.6) is 0 Å². The third kappa shape index (κ3) is 4.23. The van der Waals surface area contributed by atoms with Crippen LogP contribution in [0.4, 0.5) is 5.82 Å². The second-order valence-electron chi connectivity index (χ2n) is 5.21. The number of rotatable bonds is 5. The van der Waals surface area contributed by atoms with E-state index >= 15 is 0 Å². The minimum atomic E-state index is -0.0760. The molecular formula is C15H23N3O. The number of pyridine rings is 1. The lowest BCUT2D eigenvalue weighted by molar-refractivity contribution is 0.0945. The number of hydrogen-bond donors (Lipinski definition) is 2. The monoisotopic (exact) mass is 261 g/mol. The Kier molecular flexibility index (Phi) is 5.19. The Morgan fingerprint density at radius 1 is 1.32 bits per heavy atom. The summed E-state index contributed by atoms with van der Waals surface area (Å²) in [6.45, 7) is 0.759. The predicted octanol–water partition coefficient (Wildman–Crippen LogP) is 2.82. The lowest BCUT2D eigenvalue weighted by Gasteiger charge is -2.21. The van der Waals surface area contributed by atoms with Crippen LogP contribution in [0.3, 0.4) is 0 Å². The highest BCUT2D eigenvalue weighted by atomic mass is 16.1. The van der Waals surface area contributed by atoms with Crippen molar-refractivity contribution < 1.29 is 4.79 Å². The van der Waals surface area contributed by atoms with Crippen LogP contribution in [0.25, 0.3) is 0 Å². The second kappa shape index (κ2) is 7.12. The first kappa shape index (κ1) is 13.8. The molecule has 1 saturated carbocycles. The lowest BCUT2D eigenvalue weighted by atomic mass is 9.87. The van der Waals surface area contributed by atoms with Crippen molar-refractivity contribution >= 4 is 11.7 Å². The lowest BCUT2D eigenvalue weighted by Crippen LogP contribution is -2.27. The zero-order valence-electron chi connectivity index (χ0n) is 11.6. The van der Waals surface area contributed by atoms with E-state index in [9.17, 15) is 4.79 Å². The van der Waals surface area contributed by atoms with Gasteiger partial charge in [0, 0.05) is 13.6 Å². The van der Waals surface area contributed by atoms with Gasteiger partial charge in [-0.15, -0.1) is 0 Å². The van der Waals surface area contributed by atoms with Gasteiger partial charge in [0.25, 0.3) is 5.91 Å². The molecule has 2 N–H and O–H groups in total. The molecule has 0 saturated heterocycles. The van der Waals surface area contributed by atoms with Crippen LogP contribution in [0.15, 0.2) is 18.2 Å². The third-order valence-electron chi connectivity index (χ3n) is 3.80. The zero-order valence-corrected chi connectivity index (χ0v) is 11.6. The molecule has 0 unspecified atom stereocenters. The van der Waals surface area contributed by atoms with E-state index in [4.69, 9.17) is 0 Å². The molecule has 0 aromatic carbocycles. The molecule has 4 nitrogen and oxygen atoms in total. The van der Waals surface area contributed by atoms with Crippen molar-refractivity contribution in [2.75, 3.05) is 18.9 Å². The first-order valence-electron chi connectivity index (χ1n) is 7.22. The van der Waals surface area contributed by atoms with Crippen LogP contribution in [-0.2, 0) is 0 Å². The van der Waals surface area contributed by atoms with Gasteiger partial charge in [0.15, 0.2) is 0 Å². The van der Waals surface area contributed by atoms with Crippen molar-refractivity contribution in [2.24, 2.45) is 5.92 Å². The number of aromatic nitrogens is 1. The molecule has 1 aliphatic carbocycles. The minimum Gasteiger partial charge on any atom is -0.373 e. The van der Waals surface area contributed by atoms with E-state index in [1.165, 1.54) is 32.1 Å². The van der Waals surface area contributed by atoms with Crippen LogP contribution >= 0.6 is 0 Å². The van der Waals surface area contributed by atoms with Gasteiger partial charge in [-0.2, -0.15) is 0 Å². The average Bonchev–Trinajstić information content (AvgIpc) is 2.48. The van der Waals surface area contributed by atoms with Crippen molar-refractivity contribution in [3.05, 3.63) is 23.9 Å². The molecule has 2 rings (SSSR count). The van der Waals surface area contributed by atoms with E-state index in [-0.39, 0.29) is 5.91 Å². The number of nitrogens with zero attached hydrogens (tertiary/aromatic N) is 1. The quantitative estimate of drug-likeness (QED) is 0.857. The molecule has 1 amide bonds. The fourth-order valence-electron chi connectivity index (χ4n) is 2.66. The molecule has 1 fully saturated rings. The summed E-state index contributed by atoms with van der Waals surface area (Å²) in [5.74, 6) is 1.44. The Balaban J connectivity index is 1.77. The average molecular weight is 261 g/mol. The number of amides is 1. The maximum atomic E-state index is 12.0. The summed E-state index contributed by atoms with van der Waals surface area (Å²) in [6, 6.07) is 5.43. The van der Waals surface area contributed by atoms with Crippen LogP contribution in [-0.4, -0.2) is 24.5 Å². The van der Waals surface area contributed by atoms with Crippen molar-refractivity contribution in [3.8, 4) is 0 Å². The Morgan fingerprint density at radius 3 is 2.84 bits per heavy atom. The minimum absolute atomic E-state index is 0.0760. The molecule has 0 spiro atoms. The van der Waals surface area contributed by atoms with Crippen molar-refractivity contribution in [3.63, 3.8) is 0 Å². The molecule has 104 valence electrons. The first-order chi connectivity index (χ1) is 9.29. The van der Waals surface area contributed by atoms with Gasteiger partial charge in [-0.1, -0.05) is 38.2 Å². The summed E-state index contributed by atoms with van der Waals surface area (Å²) in [5, 5.41) is 5.91.